The second-order valence-electron chi connectivity index (χ2n) is 4.12. The van der Waals surface area contributed by atoms with Crippen LogP contribution >= 0.6 is 23.2 Å². The molecule has 0 bridgehead atoms. The van der Waals surface area contributed by atoms with Gasteiger partial charge < -0.3 is 10.3 Å². The minimum Gasteiger partial charge on any atom is -0.366 e. The maximum atomic E-state index is 12.2. The first kappa shape index (κ1) is 15.6. The number of aromatic nitrogens is 2. The normalized spacial score (nSPS) is 11.4. The van der Waals surface area contributed by atoms with Crippen LogP contribution < -0.4 is 10.5 Å². The van der Waals surface area contributed by atoms with Crippen molar-refractivity contribution in [3.63, 3.8) is 0 Å². The van der Waals surface area contributed by atoms with Crippen molar-refractivity contribution in [3.8, 4) is 0 Å². The van der Waals surface area contributed by atoms with Gasteiger partial charge in [-0.2, -0.15) is 8.42 Å². The third kappa shape index (κ3) is 3.12. The number of anilines is 1. The molecule has 0 saturated heterocycles. The number of carbonyl (C=O) groups is 1. The lowest BCUT2D eigenvalue weighted by Crippen LogP contribution is -2.16. The van der Waals surface area contributed by atoms with Crippen LogP contribution in [0.5, 0.6) is 0 Å². The fourth-order valence-electron chi connectivity index (χ4n) is 1.52. The summed E-state index contributed by atoms with van der Waals surface area (Å²) in [6.45, 7) is 0. The zero-order valence-electron chi connectivity index (χ0n) is 10.7. The van der Waals surface area contributed by atoms with Crippen molar-refractivity contribution >= 4 is 44.8 Å². The third-order valence-corrected chi connectivity index (χ3v) is 4.77. The predicted molar refractivity (Wildman–Crippen MR) is 79.0 cm³/mol. The van der Waals surface area contributed by atoms with E-state index in [0.717, 1.165) is 0 Å². The molecule has 21 heavy (non-hydrogen) atoms. The van der Waals surface area contributed by atoms with Gasteiger partial charge in [0.15, 0.2) is 0 Å². The van der Waals surface area contributed by atoms with Crippen LogP contribution in [0.15, 0.2) is 29.6 Å². The van der Waals surface area contributed by atoms with Gasteiger partial charge >= 0.3 is 0 Å². The van der Waals surface area contributed by atoms with Crippen molar-refractivity contribution in [2.45, 2.75) is 5.03 Å². The number of amides is 1. The molecule has 0 aliphatic rings. The molecule has 1 amide bonds. The van der Waals surface area contributed by atoms with Gasteiger partial charge in [-0.15, -0.1) is 0 Å². The van der Waals surface area contributed by atoms with Crippen molar-refractivity contribution in [1.82, 2.24) is 9.55 Å². The van der Waals surface area contributed by atoms with Crippen LogP contribution in [0.3, 0.4) is 0 Å². The monoisotopic (exact) mass is 348 g/mol. The average molecular weight is 349 g/mol. The highest BCUT2D eigenvalue weighted by Crippen LogP contribution is 2.27. The number of nitrogens with two attached hydrogens (primary N) is 1. The molecule has 1 heterocycles. The Balaban J connectivity index is 2.44. The molecular weight excluding hydrogens is 339 g/mol. The second kappa shape index (κ2) is 5.55. The van der Waals surface area contributed by atoms with Crippen molar-refractivity contribution < 1.29 is 13.2 Å². The second-order valence-corrected chi connectivity index (χ2v) is 6.48. The molecule has 0 atom stereocenters. The summed E-state index contributed by atoms with van der Waals surface area (Å²) in [6, 6.07) is 3.98. The van der Waals surface area contributed by atoms with Crippen molar-refractivity contribution in [3.05, 3.63) is 40.3 Å². The number of hydrogen-bond donors (Lipinski definition) is 2. The van der Waals surface area contributed by atoms with E-state index in [2.05, 4.69) is 9.71 Å². The lowest BCUT2D eigenvalue weighted by Gasteiger charge is -2.09. The third-order valence-electron chi connectivity index (χ3n) is 2.58. The summed E-state index contributed by atoms with van der Waals surface area (Å²) in [5.74, 6) is -0.706. The Morgan fingerprint density at radius 1 is 1.38 bits per heavy atom. The first-order valence-corrected chi connectivity index (χ1v) is 7.75. The van der Waals surface area contributed by atoms with E-state index in [4.69, 9.17) is 28.9 Å². The molecule has 0 radical (unpaired) electrons. The summed E-state index contributed by atoms with van der Waals surface area (Å²) in [4.78, 5) is 14.8. The zero-order valence-corrected chi connectivity index (χ0v) is 13.0. The Bertz CT molecular complexity index is 817. The van der Waals surface area contributed by atoms with Crippen LogP contribution in [0.1, 0.15) is 10.4 Å². The van der Waals surface area contributed by atoms with E-state index in [1.807, 2.05) is 0 Å². The molecule has 0 fully saturated rings. The summed E-state index contributed by atoms with van der Waals surface area (Å²) < 4.78 is 28.0. The van der Waals surface area contributed by atoms with Gasteiger partial charge in [-0.05, 0) is 18.2 Å². The van der Waals surface area contributed by atoms with Crippen molar-refractivity contribution in [1.29, 1.82) is 0 Å². The minimum absolute atomic E-state index is 0.00897. The largest absolute Gasteiger partial charge is 0.366 e. The standard InChI is InChI=1S/C11H10Cl2N4O3S/c1-17-5-15-11(9(17)13)21(19,20)16-8-4-6(10(14)18)2-3-7(8)12/h2-5,16H,1H3,(H2,14,18). The van der Waals surface area contributed by atoms with Gasteiger partial charge in [-0.3, -0.25) is 9.52 Å². The topological polar surface area (TPSA) is 107 Å². The quantitative estimate of drug-likeness (QED) is 0.875. The maximum Gasteiger partial charge on any atom is 0.282 e. The smallest absolute Gasteiger partial charge is 0.282 e. The van der Waals surface area contributed by atoms with Gasteiger partial charge in [-0.1, -0.05) is 23.2 Å². The number of rotatable bonds is 4. The van der Waals surface area contributed by atoms with Gasteiger partial charge in [0.05, 0.1) is 17.0 Å². The van der Waals surface area contributed by atoms with Crippen molar-refractivity contribution in [2.75, 3.05) is 4.72 Å². The number of nitrogens with one attached hydrogen (secondary N) is 1. The molecular formula is C11H10Cl2N4O3S. The highest BCUT2D eigenvalue weighted by molar-refractivity contribution is 7.92. The number of primary amides is 1. The number of carbonyl (C=O) groups excluding carboxylic acids is 1. The lowest BCUT2D eigenvalue weighted by atomic mass is 10.2. The zero-order chi connectivity index (χ0) is 15.8. The van der Waals surface area contributed by atoms with Crippen LogP contribution in [-0.2, 0) is 17.1 Å². The fraction of sp³-hybridized carbons (Fsp3) is 0.0909. The molecule has 3 N–H and O–H groups in total. The number of halogens is 2. The molecule has 0 unspecified atom stereocenters. The minimum atomic E-state index is -4.04. The number of hydrogen-bond acceptors (Lipinski definition) is 4. The Labute approximate surface area is 130 Å². The Morgan fingerprint density at radius 3 is 2.57 bits per heavy atom. The van der Waals surface area contributed by atoms with Crippen LogP contribution in [0.2, 0.25) is 10.2 Å². The van der Waals surface area contributed by atoms with Crippen LogP contribution in [0, 0.1) is 0 Å². The van der Waals surface area contributed by atoms with Gasteiger partial charge in [0.25, 0.3) is 10.0 Å². The Kier molecular flexibility index (Phi) is 4.13. The maximum absolute atomic E-state index is 12.2. The molecule has 10 heteroatoms. The summed E-state index contributed by atoms with van der Waals surface area (Å²) in [7, 11) is -2.49. The highest BCUT2D eigenvalue weighted by Gasteiger charge is 2.23. The summed E-state index contributed by atoms with van der Waals surface area (Å²) in [6.07, 6.45) is 1.26. The number of aryl methyl sites for hydroxylation is 1. The van der Waals surface area contributed by atoms with E-state index in [1.54, 1.807) is 7.05 Å². The molecule has 0 spiro atoms. The first-order valence-electron chi connectivity index (χ1n) is 5.51. The molecule has 0 aliphatic heterocycles. The fourth-order valence-corrected chi connectivity index (χ4v) is 3.25. The molecule has 0 saturated carbocycles. The van der Waals surface area contributed by atoms with Crippen LogP contribution in [-0.4, -0.2) is 23.9 Å². The lowest BCUT2D eigenvalue weighted by molar-refractivity contribution is 0.100. The van der Waals surface area contributed by atoms with Crippen LogP contribution in [0.25, 0.3) is 0 Å². The van der Waals surface area contributed by atoms with E-state index in [9.17, 15) is 13.2 Å². The van der Waals surface area contributed by atoms with E-state index in [-0.39, 0.29) is 26.5 Å². The summed E-state index contributed by atoms with van der Waals surface area (Å²) in [5, 5.41) is -0.285. The van der Waals surface area contributed by atoms with Gasteiger partial charge in [0.2, 0.25) is 10.9 Å². The Hall–Kier alpha value is -1.77. The molecule has 1 aromatic carbocycles. The van der Waals surface area contributed by atoms with Gasteiger partial charge in [-0.25, -0.2) is 4.98 Å². The highest BCUT2D eigenvalue weighted by atomic mass is 35.5. The summed E-state index contributed by atoms with van der Waals surface area (Å²) >= 11 is 11.8. The van der Waals surface area contributed by atoms with Crippen LogP contribution in [0.4, 0.5) is 5.69 Å². The van der Waals surface area contributed by atoms with Gasteiger partial charge in [0.1, 0.15) is 5.15 Å². The number of sulfonamides is 1. The van der Waals surface area contributed by atoms with E-state index in [0.29, 0.717) is 0 Å². The number of imidazole rings is 1. The SMILES string of the molecule is Cn1cnc(S(=O)(=O)Nc2cc(C(N)=O)ccc2Cl)c1Cl. The van der Waals surface area contributed by atoms with E-state index in [1.165, 1.54) is 29.1 Å². The number of nitrogens with zero attached hydrogens (tertiary/aromatic N) is 2. The predicted octanol–water partition coefficient (Wildman–Crippen LogP) is 1.63. The van der Waals surface area contributed by atoms with Gasteiger partial charge in [0, 0.05) is 12.6 Å². The first-order chi connectivity index (χ1) is 9.72. The molecule has 2 aromatic rings. The van der Waals surface area contributed by atoms with E-state index >= 15 is 0 Å². The molecule has 1 aromatic heterocycles. The summed E-state index contributed by atoms with van der Waals surface area (Å²) in [5.41, 5.74) is 5.26. The Morgan fingerprint density at radius 2 is 2.05 bits per heavy atom. The number of benzene rings is 1. The molecule has 0 aliphatic carbocycles. The molecule has 7 nitrogen and oxygen atoms in total. The van der Waals surface area contributed by atoms with E-state index < -0.39 is 15.9 Å². The van der Waals surface area contributed by atoms with Crippen molar-refractivity contribution in [2.24, 2.45) is 12.8 Å². The average Bonchev–Trinajstić information content (AvgIpc) is 2.73. The molecule has 112 valence electrons. The molecule has 2 rings (SSSR count).